The fraction of sp³-hybridized carbons (Fsp3) is 0.211. The zero-order chi connectivity index (χ0) is 20.8. The fourth-order valence-electron chi connectivity index (χ4n) is 2.43. The van der Waals surface area contributed by atoms with E-state index in [2.05, 4.69) is 20.0 Å². The monoisotopic (exact) mass is 420 g/mol. The number of hydrogen-bond acceptors (Lipinski definition) is 6. The lowest BCUT2D eigenvalue weighted by Crippen LogP contribution is -2.01. The highest BCUT2D eigenvalue weighted by atomic mass is 32.1. The van der Waals surface area contributed by atoms with Crippen molar-refractivity contribution in [1.82, 2.24) is 14.9 Å². The van der Waals surface area contributed by atoms with Crippen LogP contribution in [-0.4, -0.2) is 39.4 Å². The summed E-state index contributed by atoms with van der Waals surface area (Å²) in [5.41, 5.74) is 1.05. The van der Waals surface area contributed by atoms with Gasteiger partial charge in [0.25, 0.3) is 0 Å². The van der Waals surface area contributed by atoms with E-state index in [1.54, 1.807) is 24.3 Å². The van der Waals surface area contributed by atoms with E-state index < -0.39 is 6.61 Å². The number of nitrogens with zero attached hydrogens (tertiary/aromatic N) is 3. The van der Waals surface area contributed by atoms with Gasteiger partial charge in [-0.1, -0.05) is 6.92 Å². The summed E-state index contributed by atoms with van der Waals surface area (Å²) >= 11 is 5.20. The van der Waals surface area contributed by atoms with Crippen LogP contribution < -0.4 is 9.47 Å². The molecule has 3 aromatic rings. The molecule has 0 atom stereocenters. The van der Waals surface area contributed by atoms with Crippen LogP contribution in [-0.2, 0) is 0 Å². The van der Waals surface area contributed by atoms with Crippen molar-refractivity contribution in [2.24, 2.45) is 5.10 Å². The van der Waals surface area contributed by atoms with Crippen molar-refractivity contribution in [3.05, 3.63) is 52.8 Å². The molecule has 1 aromatic heterocycles. The number of halogens is 2. The summed E-state index contributed by atoms with van der Waals surface area (Å²) in [6.07, 6.45) is 2.29. The quantitative estimate of drug-likeness (QED) is 0.411. The molecule has 0 aliphatic carbocycles. The van der Waals surface area contributed by atoms with Gasteiger partial charge in [0.2, 0.25) is 4.77 Å². The highest BCUT2D eigenvalue weighted by Gasteiger charge is 2.10. The van der Waals surface area contributed by atoms with Crippen LogP contribution in [0.5, 0.6) is 17.2 Å². The molecule has 0 radical (unpaired) electrons. The Kier molecular flexibility index (Phi) is 6.55. The van der Waals surface area contributed by atoms with E-state index >= 15 is 0 Å². The molecule has 10 heteroatoms. The number of aromatic amines is 1. The highest BCUT2D eigenvalue weighted by Crippen LogP contribution is 2.24. The Bertz CT molecular complexity index is 1050. The van der Waals surface area contributed by atoms with Gasteiger partial charge in [-0.05, 0) is 55.0 Å². The Labute approximate surface area is 170 Å². The van der Waals surface area contributed by atoms with Crippen molar-refractivity contribution < 1.29 is 23.4 Å². The fourth-order valence-corrected chi connectivity index (χ4v) is 2.61. The second kappa shape index (κ2) is 9.28. The van der Waals surface area contributed by atoms with Gasteiger partial charge < -0.3 is 14.6 Å². The van der Waals surface area contributed by atoms with Crippen LogP contribution >= 0.6 is 12.2 Å². The second-order valence-corrected chi connectivity index (χ2v) is 6.27. The number of rotatable bonds is 8. The Morgan fingerprint density at radius 1 is 1.24 bits per heavy atom. The van der Waals surface area contributed by atoms with E-state index in [0.717, 1.165) is 6.42 Å². The first kappa shape index (κ1) is 20.5. The summed E-state index contributed by atoms with van der Waals surface area (Å²) in [7, 11) is 0. The summed E-state index contributed by atoms with van der Waals surface area (Å²) < 4.78 is 36.0. The van der Waals surface area contributed by atoms with Crippen molar-refractivity contribution in [2.75, 3.05) is 6.61 Å². The minimum atomic E-state index is -2.90. The van der Waals surface area contributed by atoms with Crippen molar-refractivity contribution >= 4 is 18.4 Å². The van der Waals surface area contributed by atoms with E-state index in [9.17, 15) is 13.9 Å². The Hall–Kier alpha value is -3.27. The van der Waals surface area contributed by atoms with E-state index in [-0.39, 0.29) is 16.3 Å². The minimum absolute atomic E-state index is 0.00687. The van der Waals surface area contributed by atoms with Gasteiger partial charge in [-0.15, -0.1) is 0 Å². The van der Waals surface area contributed by atoms with Crippen molar-refractivity contribution in [3.63, 3.8) is 0 Å². The molecular weight excluding hydrogens is 402 g/mol. The first-order valence-electron chi connectivity index (χ1n) is 8.70. The number of nitrogens with one attached hydrogen (secondary N) is 1. The molecule has 0 bridgehead atoms. The van der Waals surface area contributed by atoms with Gasteiger partial charge in [0.15, 0.2) is 5.82 Å². The largest absolute Gasteiger partial charge is 0.507 e. The lowest BCUT2D eigenvalue weighted by Gasteiger charge is -2.07. The van der Waals surface area contributed by atoms with E-state index in [1.807, 2.05) is 6.92 Å². The molecule has 0 aliphatic rings. The summed E-state index contributed by atoms with van der Waals surface area (Å²) in [6, 6.07) is 10.8. The third-order valence-corrected chi connectivity index (χ3v) is 4.04. The maximum Gasteiger partial charge on any atom is 0.387 e. The second-order valence-electron chi connectivity index (χ2n) is 5.88. The predicted molar refractivity (Wildman–Crippen MR) is 106 cm³/mol. The third-order valence-electron chi connectivity index (χ3n) is 3.78. The molecule has 3 rings (SSSR count). The molecule has 2 aromatic carbocycles. The maximum absolute atomic E-state index is 12.3. The molecule has 0 unspecified atom stereocenters. The van der Waals surface area contributed by atoms with Crippen molar-refractivity contribution in [2.45, 2.75) is 20.0 Å². The van der Waals surface area contributed by atoms with Crippen LogP contribution in [0.1, 0.15) is 18.9 Å². The van der Waals surface area contributed by atoms with Gasteiger partial charge in [-0.3, -0.25) is 0 Å². The molecule has 29 heavy (non-hydrogen) atoms. The molecular formula is C19H18F2N4O3S. The molecule has 0 aliphatic heterocycles. The Morgan fingerprint density at radius 2 is 1.97 bits per heavy atom. The average Bonchev–Trinajstić information content (AvgIpc) is 3.06. The molecule has 0 fully saturated rings. The molecule has 7 nitrogen and oxygen atoms in total. The first-order valence-corrected chi connectivity index (χ1v) is 9.11. The van der Waals surface area contributed by atoms with Crippen LogP contribution in [0.4, 0.5) is 8.78 Å². The normalized spacial score (nSPS) is 11.3. The van der Waals surface area contributed by atoms with Crippen LogP contribution in [0.3, 0.4) is 0 Å². The van der Waals surface area contributed by atoms with Crippen LogP contribution in [0.25, 0.3) is 11.4 Å². The minimum Gasteiger partial charge on any atom is -0.507 e. The summed E-state index contributed by atoms with van der Waals surface area (Å²) in [5, 5.41) is 21.2. The highest BCUT2D eigenvalue weighted by molar-refractivity contribution is 7.71. The first-order chi connectivity index (χ1) is 14.0. The Balaban J connectivity index is 1.84. The molecule has 0 saturated heterocycles. The van der Waals surface area contributed by atoms with Crippen LogP contribution in [0.2, 0.25) is 0 Å². The number of ether oxygens (including phenoxy) is 2. The number of phenols is 1. The molecule has 152 valence electrons. The maximum atomic E-state index is 12.3. The van der Waals surface area contributed by atoms with E-state index in [4.69, 9.17) is 17.0 Å². The Morgan fingerprint density at radius 3 is 2.62 bits per heavy atom. The number of phenolic OH excluding ortho intramolecular Hbond substituents is 1. The zero-order valence-electron chi connectivity index (χ0n) is 15.4. The van der Waals surface area contributed by atoms with Gasteiger partial charge in [-0.2, -0.15) is 23.7 Å². The van der Waals surface area contributed by atoms with Gasteiger partial charge in [0, 0.05) is 17.2 Å². The van der Waals surface area contributed by atoms with E-state index in [0.29, 0.717) is 29.3 Å². The number of alkyl halides is 2. The van der Waals surface area contributed by atoms with Gasteiger partial charge in [0.05, 0.1) is 12.8 Å². The molecule has 0 amide bonds. The molecule has 0 saturated carbocycles. The van der Waals surface area contributed by atoms with Gasteiger partial charge in [-0.25, -0.2) is 5.10 Å². The zero-order valence-corrected chi connectivity index (χ0v) is 16.2. The summed E-state index contributed by atoms with van der Waals surface area (Å²) in [6.45, 7) is -0.347. The van der Waals surface area contributed by atoms with Crippen molar-refractivity contribution in [3.8, 4) is 28.6 Å². The standard InChI is InChI=1S/C19H18F2N4O3S/c1-2-9-27-15-8-5-13(16(26)10-15)11-22-25-17(23-24-19(25)29)12-3-6-14(7-4-12)28-18(20)21/h3-8,10-11,18,26H,2,9H2,1H3,(H,24,29). The third kappa shape index (κ3) is 5.17. The smallest absolute Gasteiger partial charge is 0.387 e. The average molecular weight is 420 g/mol. The predicted octanol–water partition coefficient (Wildman–Crippen LogP) is 4.59. The molecule has 2 N–H and O–H groups in total. The van der Waals surface area contributed by atoms with Crippen molar-refractivity contribution in [1.29, 1.82) is 0 Å². The molecule has 0 spiro atoms. The van der Waals surface area contributed by atoms with Crippen LogP contribution in [0, 0.1) is 4.77 Å². The lowest BCUT2D eigenvalue weighted by atomic mass is 10.2. The number of benzene rings is 2. The number of aromatic hydroxyl groups is 1. The summed E-state index contributed by atoms with van der Waals surface area (Å²) in [4.78, 5) is 0. The topological polar surface area (TPSA) is 84.7 Å². The number of aromatic nitrogens is 3. The summed E-state index contributed by atoms with van der Waals surface area (Å²) in [5.74, 6) is 0.973. The SMILES string of the molecule is CCCOc1ccc(C=Nn2c(-c3ccc(OC(F)F)cc3)n[nH]c2=S)c(O)c1. The lowest BCUT2D eigenvalue weighted by molar-refractivity contribution is -0.0498. The van der Waals surface area contributed by atoms with E-state index in [1.165, 1.54) is 29.1 Å². The number of H-pyrrole nitrogens is 1. The van der Waals surface area contributed by atoms with Crippen LogP contribution in [0.15, 0.2) is 47.6 Å². The molecule has 1 heterocycles. The van der Waals surface area contributed by atoms with Gasteiger partial charge >= 0.3 is 6.61 Å². The van der Waals surface area contributed by atoms with Gasteiger partial charge in [0.1, 0.15) is 17.2 Å². The number of hydrogen-bond donors (Lipinski definition) is 2.